The number of amides is 1. The molecule has 5 rings (SSSR count). The van der Waals surface area contributed by atoms with Crippen molar-refractivity contribution in [3.63, 3.8) is 0 Å². The Morgan fingerprint density at radius 2 is 1.85 bits per heavy atom. The monoisotopic (exact) mass is 543 g/mol. The molecule has 204 valence electrons. The third kappa shape index (κ3) is 5.47. The summed E-state index contributed by atoms with van der Waals surface area (Å²) in [4.78, 5) is 21.0. The van der Waals surface area contributed by atoms with E-state index in [0.717, 1.165) is 57.1 Å². The number of aryl methyl sites for hydroxylation is 1. The van der Waals surface area contributed by atoms with E-state index < -0.39 is 29.1 Å². The van der Waals surface area contributed by atoms with E-state index in [2.05, 4.69) is 30.9 Å². The Balaban J connectivity index is 1.22. The molecule has 1 aliphatic heterocycles. The second kappa shape index (κ2) is 10.1. The number of anilines is 3. The maximum atomic E-state index is 14.8. The maximum Gasteiger partial charge on any atom is 0.401 e. The summed E-state index contributed by atoms with van der Waals surface area (Å²) in [7, 11) is 0. The Kier molecular flexibility index (Phi) is 6.83. The lowest BCUT2D eigenvalue weighted by Crippen LogP contribution is -2.35. The van der Waals surface area contributed by atoms with Gasteiger partial charge in [-0.15, -0.1) is 0 Å². The summed E-state index contributed by atoms with van der Waals surface area (Å²) in [5, 5.41) is 13.4. The van der Waals surface area contributed by atoms with Crippen LogP contribution < -0.4 is 10.6 Å². The molecule has 0 saturated heterocycles. The Bertz CT molecular complexity index is 1490. The molecule has 0 unspecified atom stereocenters. The fourth-order valence-corrected chi connectivity index (χ4v) is 4.19. The van der Waals surface area contributed by atoms with Crippen LogP contribution in [0.15, 0.2) is 47.4 Å². The molecule has 0 aliphatic carbocycles. The SMILES string of the molecule is CC(C)(c1cc(NC(=O)Cc2ccc(-c3cnc(Nc4cnn5c4CCCC5)nc3)cc2F)no1)C(F)(F)F. The number of carbonyl (C=O) groups is 1. The number of rotatable bonds is 7. The first-order valence-electron chi connectivity index (χ1n) is 12.3. The van der Waals surface area contributed by atoms with Crippen molar-refractivity contribution in [2.24, 2.45) is 0 Å². The van der Waals surface area contributed by atoms with Gasteiger partial charge in [0.1, 0.15) is 11.2 Å². The van der Waals surface area contributed by atoms with Crippen LogP contribution in [0, 0.1) is 5.82 Å². The lowest BCUT2D eigenvalue weighted by atomic mass is 9.89. The van der Waals surface area contributed by atoms with Gasteiger partial charge in [0, 0.05) is 30.6 Å². The zero-order valence-electron chi connectivity index (χ0n) is 21.1. The number of halogens is 4. The molecule has 0 spiro atoms. The third-order valence-electron chi connectivity index (χ3n) is 6.72. The van der Waals surface area contributed by atoms with Crippen LogP contribution >= 0.6 is 0 Å². The van der Waals surface area contributed by atoms with E-state index in [9.17, 15) is 22.4 Å². The van der Waals surface area contributed by atoms with Gasteiger partial charge in [-0.25, -0.2) is 14.4 Å². The van der Waals surface area contributed by atoms with E-state index >= 15 is 0 Å². The Hall–Kier alpha value is -4.29. The molecular formula is C26H25F4N7O2. The number of hydrogen-bond donors (Lipinski definition) is 2. The van der Waals surface area contributed by atoms with E-state index in [0.29, 0.717) is 17.1 Å². The van der Waals surface area contributed by atoms with Crippen molar-refractivity contribution in [1.82, 2.24) is 24.9 Å². The van der Waals surface area contributed by atoms with Crippen LogP contribution in [0.3, 0.4) is 0 Å². The van der Waals surface area contributed by atoms with Crippen LogP contribution in [0.4, 0.5) is 35.0 Å². The second-order valence-corrected chi connectivity index (χ2v) is 9.84. The highest BCUT2D eigenvalue weighted by atomic mass is 19.4. The first-order chi connectivity index (χ1) is 18.5. The van der Waals surface area contributed by atoms with Crippen LogP contribution in [-0.4, -0.2) is 37.0 Å². The maximum absolute atomic E-state index is 14.8. The Morgan fingerprint density at radius 1 is 1.08 bits per heavy atom. The molecule has 0 bridgehead atoms. The molecule has 4 aromatic rings. The minimum absolute atomic E-state index is 0.0979. The van der Waals surface area contributed by atoms with Gasteiger partial charge in [-0.05, 0) is 50.3 Å². The van der Waals surface area contributed by atoms with Crippen molar-refractivity contribution in [3.8, 4) is 11.1 Å². The lowest BCUT2D eigenvalue weighted by molar-refractivity contribution is -0.185. The lowest BCUT2D eigenvalue weighted by Gasteiger charge is -2.24. The number of hydrogen-bond acceptors (Lipinski definition) is 7. The number of nitrogens with zero attached hydrogens (tertiary/aromatic N) is 5. The minimum atomic E-state index is -4.57. The van der Waals surface area contributed by atoms with Gasteiger partial charge in [0.2, 0.25) is 11.9 Å². The zero-order chi connectivity index (χ0) is 27.8. The predicted octanol–water partition coefficient (Wildman–Crippen LogP) is 5.57. The molecule has 13 heteroatoms. The van der Waals surface area contributed by atoms with Crippen LogP contribution in [0.2, 0.25) is 0 Å². The third-order valence-corrected chi connectivity index (χ3v) is 6.72. The molecule has 9 nitrogen and oxygen atoms in total. The summed E-state index contributed by atoms with van der Waals surface area (Å²) in [5.74, 6) is -1.54. The molecule has 3 aromatic heterocycles. The highest BCUT2D eigenvalue weighted by molar-refractivity contribution is 5.91. The first-order valence-corrected chi connectivity index (χ1v) is 12.3. The largest absolute Gasteiger partial charge is 0.401 e. The summed E-state index contributed by atoms with van der Waals surface area (Å²) in [6.07, 6.45) is 3.10. The zero-order valence-corrected chi connectivity index (χ0v) is 21.1. The van der Waals surface area contributed by atoms with Crippen molar-refractivity contribution in [3.05, 3.63) is 65.7 Å². The molecule has 0 saturated carbocycles. The van der Waals surface area contributed by atoms with Crippen LogP contribution in [0.25, 0.3) is 11.1 Å². The first kappa shape index (κ1) is 26.3. The number of alkyl halides is 3. The van der Waals surface area contributed by atoms with Gasteiger partial charge in [-0.3, -0.25) is 9.48 Å². The summed E-state index contributed by atoms with van der Waals surface area (Å²) in [6.45, 7) is 2.77. The van der Waals surface area contributed by atoms with Gasteiger partial charge in [0.15, 0.2) is 11.6 Å². The number of fused-ring (bicyclic) bond motifs is 1. The quantitative estimate of drug-likeness (QED) is 0.293. The van der Waals surface area contributed by atoms with E-state index in [1.54, 1.807) is 24.7 Å². The molecule has 1 amide bonds. The van der Waals surface area contributed by atoms with E-state index in [1.165, 1.54) is 12.1 Å². The average Bonchev–Trinajstić information content (AvgIpc) is 3.53. The van der Waals surface area contributed by atoms with Crippen molar-refractivity contribution in [2.45, 2.75) is 57.7 Å². The van der Waals surface area contributed by atoms with Crippen LogP contribution in [0.5, 0.6) is 0 Å². The molecule has 39 heavy (non-hydrogen) atoms. The number of aromatic nitrogens is 5. The molecule has 2 N–H and O–H groups in total. The fourth-order valence-electron chi connectivity index (χ4n) is 4.19. The van der Waals surface area contributed by atoms with Gasteiger partial charge < -0.3 is 15.2 Å². The number of nitrogens with one attached hydrogen (secondary N) is 2. The highest BCUT2D eigenvalue weighted by Gasteiger charge is 2.51. The molecule has 1 aromatic carbocycles. The second-order valence-electron chi connectivity index (χ2n) is 9.84. The molecule has 4 heterocycles. The summed E-state index contributed by atoms with van der Waals surface area (Å²) >= 11 is 0. The summed E-state index contributed by atoms with van der Waals surface area (Å²) < 4.78 is 61.2. The minimum Gasteiger partial charge on any atom is -0.358 e. The van der Waals surface area contributed by atoms with E-state index in [-0.39, 0.29) is 17.8 Å². The van der Waals surface area contributed by atoms with Gasteiger partial charge in [-0.1, -0.05) is 17.3 Å². The Morgan fingerprint density at radius 3 is 2.56 bits per heavy atom. The molecule has 0 fully saturated rings. The number of carbonyl (C=O) groups excluding carboxylic acids is 1. The fraction of sp³-hybridized carbons (Fsp3) is 0.346. The predicted molar refractivity (Wildman–Crippen MR) is 134 cm³/mol. The van der Waals surface area contributed by atoms with E-state index in [1.807, 2.05) is 4.68 Å². The van der Waals surface area contributed by atoms with Crippen LogP contribution in [-0.2, 0) is 29.6 Å². The van der Waals surface area contributed by atoms with Gasteiger partial charge in [0.05, 0.1) is 24.0 Å². The average molecular weight is 544 g/mol. The number of benzene rings is 1. The van der Waals surface area contributed by atoms with Crippen molar-refractivity contribution in [2.75, 3.05) is 10.6 Å². The Labute approximate surface area is 220 Å². The van der Waals surface area contributed by atoms with Gasteiger partial charge >= 0.3 is 6.18 Å². The topological polar surface area (TPSA) is 111 Å². The van der Waals surface area contributed by atoms with Crippen LogP contribution in [0.1, 0.15) is 43.7 Å². The molecule has 1 aliphatic rings. The molecule has 0 atom stereocenters. The highest BCUT2D eigenvalue weighted by Crippen LogP contribution is 2.41. The summed E-state index contributed by atoms with van der Waals surface area (Å²) in [5.41, 5.74) is 0.881. The van der Waals surface area contributed by atoms with Gasteiger partial charge in [-0.2, -0.15) is 18.3 Å². The molecule has 0 radical (unpaired) electrons. The van der Waals surface area contributed by atoms with E-state index in [4.69, 9.17) is 4.52 Å². The van der Waals surface area contributed by atoms with Crippen molar-refractivity contribution in [1.29, 1.82) is 0 Å². The summed E-state index contributed by atoms with van der Waals surface area (Å²) in [6, 6.07) is 5.36. The van der Waals surface area contributed by atoms with Gasteiger partial charge in [0.25, 0.3) is 0 Å². The normalized spacial score (nSPS) is 13.7. The molecular weight excluding hydrogens is 518 g/mol. The smallest absolute Gasteiger partial charge is 0.358 e. The standard InChI is InChI=1S/C26H25F4N7O2/c1-25(2,26(28,29)30)21-11-22(36-39-21)35-23(38)10-16-7-6-15(9-18(16)27)17-12-31-24(32-13-17)34-19-14-33-37-8-4-3-5-20(19)37/h6-7,9,11-14H,3-5,8,10H2,1-2H3,(H,31,32,34)(H,35,36,38). The van der Waals surface area contributed by atoms with Crippen molar-refractivity contribution < 1.29 is 26.9 Å². The van der Waals surface area contributed by atoms with Crippen molar-refractivity contribution >= 4 is 23.4 Å².